The fourth-order valence-electron chi connectivity index (χ4n) is 6.69. The Morgan fingerprint density at radius 2 is 1.91 bits per heavy atom. The first-order valence-electron chi connectivity index (χ1n) is 15.7. The van der Waals surface area contributed by atoms with Crippen molar-refractivity contribution in [1.29, 1.82) is 0 Å². The molecule has 0 unspecified atom stereocenters. The van der Waals surface area contributed by atoms with Crippen molar-refractivity contribution < 1.29 is 28.7 Å². The Bertz CT molecular complexity index is 1190. The Kier molecular flexibility index (Phi) is 10.6. The van der Waals surface area contributed by atoms with Crippen LogP contribution in [0.15, 0.2) is 18.2 Å². The van der Waals surface area contributed by atoms with E-state index < -0.39 is 30.3 Å². The Hall–Kier alpha value is -3.34. The first-order valence-corrected chi connectivity index (χ1v) is 15.7. The van der Waals surface area contributed by atoms with Crippen LogP contribution in [0.1, 0.15) is 58.9 Å². The molecule has 3 aliphatic heterocycles. The highest BCUT2D eigenvalue weighted by Gasteiger charge is 2.50. The van der Waals surface area contributed by atoms with Crippen LogP contribution >= 0.6 is 0 Å². The minimum absolute atomic E-state index is 0.0899. The number of rotatable bonds is 8. The van der Waals surface area contributed by atoms with E-state index in [1.165, 1.54) is 0 Å². The fraction of sp³-hybridized carbons (Fsp3) is 0.688. The first kappa shape index (κ1) is 32.6. The van der Waals surface area contributed by atoms with Gasteiger partial charge in [-0.05, 0) is 69.0 Å². The maximum absolute atomic E-state index is 14.3. The number of carbonyl (C=O) groups is 4. The smallest absolute Gasteiger partial charge is 0.249 e. The number of amides is 4. The van der Waals surface area contributed by atoms with Gasteiger partial charge in [-0.15, -0.1) is 0 Å². The van der Waals surface area contributed by atoms with Gasteiger partial charge in [-0.3, -0.25) is 24.1 Å². The zero-order valence-electron chi connectivity index (χ0n) is 26.7. The monoisotopic (exact) mass is 599 g/mol. The molecule has 1 aromatic carbocycles. The maximum atomic E-state index is 14.3. The van der Waals surface area contributed by atoms with Crippen molar-refractivity contribution in [3.63, 3.8) is 0 Å². The highest BCUT2D eigenvalue weighted by Crippen LogP contribution is 2.32. The van der Waals surface area contributed by atoms with Gasteiger partial charge in [0.2, 0.25) is 23.6 Å². The summed E-state index contributed by atoms with van der Waals surface area (Å²) in [7, 11) is 5.33. The Morgan fingerprint density at radius 3 is 2.56 bits per heavy atom. The van der Waals surface area contributed by atoms with E-state index >= 15 is 0 Å². The predicted molar refractivity (Wildman–Crippen MR) is 163 cm³/mol. The van der Waals surface area contributed by atoms with Crippen LogP contribution in [-0.2, 0) is 25.6 Å². The molecule has 2 saturated heterocycles. The number of nitrogens with zero attached hydrogens (tertiary/aromatic N) is 3. The summed E-state index contributed by atoms with van der Waals surface area (Å²) in [5.41, 5.74) is 0.885. The number of carbonyl (C=O) groups excluding carboxylic acids is 4. The largest absolute Gasteiger partial charge is 0.496 e. The molecule has 4 amide bonds. The van der Waals surface area contributed by atoms with Gasteiger partial charge in [0, 0.05) is 26.1 Å². The summed E-state index contributed by atoms with van der Waals surface area (Å²) < 4.78 is 12.0. The number of benzene rings is 1. The minimum Gasteiger partial charge on any atom is -0.496 e. The molecule has 2 N–H and O–H groups in total. The molecule has 3 heterocycles. The van der Waals surface area contributed by atoms with E-state index in [9.17, 15) is 19.2 Å². The third-order valence-corrected chi connectivity index (χ3v) is 9.19. The lowest BCUT2D eigenvalue weighted by Crippen LogP contribution is -2.61. The van der Waals surface area contributed by atoms with Crippen LogP contribution in [-0.4, -0.2) is 109 Å². The van der Waals surface area contributed by atoms with Crippen molar-refractivity contribution in [2.24, 2.45) is 11.8 Å². The molecule has 0 radical (unpaired) electrons. The van der Waals surface area contributed by atoms with E-state index in [1.807, 2.05) is 58.8 Å². The van der Waals surface area contributed by atoms with Gasteiger partial charge in [0.05, 0.1) is 13.2 Å². The normalized spacial score (nSPS) is 24.5. The molecule has 4 rings (SSSR count). The second kappa shape index (κ2) is 14.0. The molecular formula is C32H49N5O6. The Morgan fingerprint density at radius 1 is 1.16 bits per heavy atom. The van der Waals surface area contributed by atoms with Crippen LogP contribution in [0.25, 0.3) is 0 Å². The number of ether oxygens (including phenoxy) is 2. The predicted octanol–water partition coefficient (Wildman–Crippen LogP) is 1.82. The van der Waals surface area contributed by atoms with Crippen LogP contribution < -0.4 is 20.1 Å². The molecule has 0 aromatic heterocycles. The number of likely N-dealkylation sites (tertiary alicyclic amines) is 1. The molecule has 43 heavy (non-hydrogen) atoms. The number of hydrogen-bond donors (Lipinski definition) is 2. The molecule has 6 atom stereocenters. The van der Waals surface area contributed by atoms with Gasteiger partial charge in [0.1, 0.15) is 35.7 Å². The molecule has 3 aliphatic rings. The summed E-state index contributed by atoms with van der Waals surface area (Å²) >= 11 is 0. The van der Waals surface area contributed by atoms with E-state index in [1.54, 1.807) is 23.0 Å². The van der Waals surface area contributed by atoms with Crippen LogP contribution in [0.2, 0.25) is 0 Å². The summed E-state index contributed by atoms with van der Waals surface area (Å²) in [6.07, 6.45) is 2.46. The molecule has 1 aromatic rings. The number of hydrogen-bond acceptors (Lipinski definition) is 7. The van der Waals surface area contributed by atoms with Crippen molar-refractivity contribution in [3.8, 4) is 11.5 Å². The van der Waals surface area contributed by atoms with E-state index in [2.05, 4.69) is 10.6 Å². The van der Waals surface area contributed by atoms with E-state index in [0.29, 0.717) is 56.8 Å². The third-order valence-electron chi connectivity index (χ3n) is 9.19. The number of fused-ring (bicyclic) bond motifs is 4. The molecule has 11 heteroatoms. The van der Waals surface area contributed by atoms with Crippen molar-refractivity contribution in [1.82, 2.24) is 25.3 Å². The minimum atomic E-state index is -0.926. The summed E-state index contributed by atoms with van der Waals surface area (Å²) in [5, 5.41) is 6.03. The average Bonchev–Trinajstić information content (AvgIpc) is 3.62. The summed E-state index contributed by atoms with van der Waals surface area (Å²) in [4.78, 5) is 60.4. The molecular weight excluding hydrogens is 550 g/mol. The Balaban J connectivity index is 1.68. The van der Waals surface area contributed by atoms with Gasteiger partial charge in [-0.25, -0.2) is 0 Å². The van der Waals surface area contributed by atoms with E-state index in [0.717, 1.165) is 12.0 Å². The summed E-state index contributed by atoms with van der Waals surface area (Å²) in [6.45, 7) is 8.99. The highest BCUT2D eigenvalue weighted by molar-refractivity contribution is 5.96. The Labute approximate surface area is 255 Å². The molecule has 11 nitrogen and oxygen atoms in total. The van der Waals surface area contributed by atoms with Crippen molar-refractivity contribution in [3.05, 3.63) is 23.8 Å². The van der Waals surface area contributed by atoms with E-state index in [-0.39, 0.29) is 35.5 Å². The highest BCUT2D eigenvalue weighted by atomic mass is 16.5. The van der Waals surface area contributed by atoms with Crippen LogP contribution in [0.4, 0.5) is 0 Å². The van der Waals surface area contributed by atoms with Gasteiger partial charge in [0.15, 0.2) is 0 Å². The van der Waals surface area contributed by atoms with E-state index in [4.69, 9.17) is 9.47 Å². The third kappa shape index (κ3) is 6.92. The molecule has 238 valence electrons. The van der Waals surface area contributed by atoms with Crippen molar-refractivity contribution in [2.75, 3.05) is 40.8 Å². The first-order chi connectivity index (χ1) is 20.5. The van der Waals surface area contributed by atoms with Gasteiger partial charge < -0.3 is 29.9 Å². The van der Waals surface area contributed by atoms with Gasteiger partial charge in [-0.2, -0.15) is 0 Å². The fourth-order valence-corrected chi connectivity index (χ4v) is 6.69. The molecule has 0 spiro atoms. The number of methoxy groups -OCH3 is 1. The lowest BCUT2D eigenvalue weighted by atomic mass is 9.95. The molecule has 0 aliphatic carbocycles. The molecule has 2 fully saturated rings. The quantitative estimate of drug-likeness (QED) is 0.468. The second-order valence-electron chi connectivity index (χ2n) is 12.7. The second-order valence-corrected chi connectivity index (χ2v) is 12.7. The lowest BCUT2D eigenvalue weighted by Gasteiger charge is -2.36. The number of likely N-dealkylation sites (N-methyl/N-ethyl adjacent to an activating group) is 1. The SMILES string of the molecule is CC[C@H](C)[C@@H](C(=O)N[C@H](C(=O)N1CC[C@@H]2Oc3ccc(OC)c(c3)CCNC(=O)[C@@H]3CCCN3C(=O)[C@H]21)C(C)C)N(C)C. The topological polar surface area (TPSA) is 121 Å². The van der Waals surface area contributed by atoms with Gasteiger partial charge in [0.25, 0.3) is 0 Å². The molecule has 2 bridgehead atoms. The lowest BCUT2D eigenvalue weighted by molar-refractivity contribution is -0.150. The molecule has 0 saturated carbocycles. The van der Waals surface area contributed by atoms with Crippen molar-refractivity contribution >= 4 is 23.6 Å². The van der Waals surface area contributed by atoms with Crippen LogP contribution in [0.5, 0.6) is 11.5 Å². The number of nitrogens with one attached hydrogen (secondary N) is 2. The van der Waals surface area contributed by atoms with Crippen LogP contribution in [0, 0.1) is 11.8 Å². The van der Waals surface area contributed by atoms with Crippen LogP contribution in [0.3, 0.4) is 0 Å². The van der Waals surface area contributed by atoms with Gasteiger partial charge >= 0.3 is 0 Å². The zero-order valence-corrected chi connectivity index (χ0v) is 26.7. The van der Waals surface area contributed by atoms with Crippen molar-refractivity contribution in [2.45, 2.75) is 90.1 Å². The standard InChI is InChI=1S/C32H49N5O6/c1-8-20(4)27(35(5)6)30(39)34-26(19(2)3)31(40)37-17-14-25-28(37)32(41)36-16-9-10-23(36)29(38)33-15-13-21-18-22(43-25)11-12-24(21)42-7/h11-12,18-20,23,25-28H,8-10,13-17H2,1-7H3,(H,33,38)(H,34,39)/t20-,23-,25-,26-,27-,28-/m0/s1. The van der Waals surface area contributed by atoms with Gasteiger partial charge in [-0.1, -0.05) is 34.1 Å². The maximum Gasteiger partial charge on any atom is 0.249 e. The summed E-state index contributed by atoms with van der Waals surface area (Å²) in [5.74, 6) is 0.145. The zero-order chi connectivity index (χ0) is 31.4. The average molecular weight is 600 g/mol. The summed E-state index contributed by atoms with van der Waals surface area (Å²) in [6, 6.07) is 2.76.